The van der Waals surface area contributed by atoms with Crippen LogP contribution in [0.4, 0.5) is 0 Å². The van der Waals surface area contributed by atoms with Crippen molar-refractivity contribution in [1.82, 2.24) is 10.3 Å². The van der Waals surface area contributed by atoms with Gasteiger partial charge in [-0.1, -0.05) is 12.8 Å². The van der Waals surface area contributed by atoms with E-state index in [0.717, 1.165) is 13.0 Å². The Bertz CT molecular complexity index is 351. The summed E-state index contributed by atoms with van der Waals surface area (Å²) in [5.74, 6) is 9.15. The molecule has 3 unspecified atom stereocenters. The molecule has 0 bridgehead atoms. The van der Waals surface area contributed by atoms with Crippen LogP contribution in [0.1, 0.15) is 44.9 Å². The van der Waals surface area contributed by atoms with Gasteiger partial charge in [0.25, 0.3) is 0 Å². The van der Waals surface area contributed by atoms with Gasteiger partial charge in [0.2, 0.25) is 0 Å². The van der Waals surface area contributed by atoms with Crippen LogP contribution < -0.4 is 11.3 Å². The molecule has 4 nitrogen and oxygen atoms in total. The Balaban J connectivity index is 1.78. The van der Waals surface area contributed by atoms with Gasteiger partial charge in [0.15, 0.2) is 0 Å². The van der Waals surface area contributed by atoms with Gasteiger partial charge in [-0.15, -0.1) is 0 Å². The molecule has 21 heavy (non-hydrogen) atoms. The molecule has 2 heterocycles. The minimum absolute atomic E-state index is 0.148. The smallest absolute Gasteiger partial charge is 0.0783 e. The minimum atomic E-state index is 0.148. The van der Waals surface area contributed by atoms with E-state index < -0.39 is 0 Å². The van der Waals surface area contributed by atoms with Gasteiger partial charge >= 0.3 is 0 Å². The lowest BCUT2D eigenvalue weighted by atomic mass is 9.72. The summed E-state index contributed by atoms with van der Waals surface area (Å²) in [6.45, 7) is 0.910. The van der Waals surface area contributed by atoms with Crippen molar-refractivity contribution >= 4 is 11.8 Å². The van der Waals surface area contributed by atoms with E-state index in [0.29, 0.717) is 12.0 Å². The quantitative estimate of drug-likeness (QED) is 0.614. The second-order valence-corrected chi connectivity index (χ2v) is 8.54. The number of ether oxygens (including phenoxy) is 1. The van der Waals surface area contributed by atoms with Crippen molar-refractivity contribution in [3.05, 3.63) is 0 Å². The lowest BCUT2D eigenvalue weighted by molar-refractivity contribution is -0.0957. The van der Waals surface area contributed by atoms with Crippen LogP contribution in [0.25, 0.3) is 0 Å². The molecule has 0 amide bonds. The molecule has 5 heteroatoms. The van der Waals surface area contributed by atoms with Gasteiger partial charge in [0, 0.05) is 23.9 Å². The maximum atomic E-state index is 6.20. The Labute approximate surface area is 133 Å². The molecular formula is C16H31N3OS. The summed E-state index contributed by atoms with van der Waals surface area (Å²) in [7, 11) is 4.46. The van der Waals surface area contributed by atoms with Crippen LogP contribution in [-0.2, 0) is 4.74 Å². The molecule has 1 saturated carbocycles. The highest BCUT2D eigenvalue weighted by atomic mass is 32.2. The fraction of sp³-hybridized carbons (Fsp3) is 1.00. The predicted molar refractivity (Wildman–Crippen MR) is 89.3 cm³/mol. The molecule has 1 aliphatic carbocycles. The molecule has 3 aliphatic rings. The number of likely N-dealkylation sites (N-methyl/N-ethyl adjacent to an activating group) is 1. The Hall–Kier alpha value is 0.190. The van der Waals surface area contributed by atoms with E-state index in [2.05, 4.69) is 36.2 Å². The summed E-state index contributed by atoms with van der Waals surface area (Å²) in [6.07, 6.45) is 8.77. The first-order chi connectivity index (χ1) is 10.1. The Morgan fingerprint density at radius 1 is 1.29 bits per heavy atom. The van der Waals surface area contributed by atoms with Crippen molar-refractivity contribution in [2.75, 3.05) is 32.2 Å². The van der Waals surface area contributed by atoms with E-state index in [1.54, 1.807) is 0 Å². The van der Waals surface area contributed by atoms with Crippen molar-refractivity contribution in [2.45, 2.75) is 62.1 Å². The highest BCUT2D eigenvalue weighted by molar-refractivity contribution is 7.99. The van der Waals surface area contributed by atoms with Gasteiger partial charge in [-0.3, -0.25) is 11.3 Å². The lowest BCUT2D eigenvalue weighted by Gasteiger charge is -2.49. The van der Waals surface area contributed by atoms with Gasteiger partial charge in [-0.05, 0) is 57.9 Å². The van der Waals surface area contributed by atoms with E-state index in [4.69, 9.17) is 10.6 Å². The van der Waals surface area contributed by atoms with Crippen LogP contribution in [0.15, 0.2) is 0 Å². The largest absolute Gasteiger partial charge is 0.374 e. The number of thioether (sulfide) groups is 1. The first-order valence-electron chi connectivity index (χ1n) is 8.47. The second-order valence-electron chi connectivity index (χ2n) is 7.44. The molecule has 3 rings (SSSR count). The fourth-order valence-electron chi connectivity index (χ4n) is 4.97. The van der Waals surface area contributed by atoms with Gasteiger partial charge in [0.1, 0.15) is 0 Å². The first kappa shape index (κ1) is 16.1. The van der Waals surface area contributed by atoms with Gasteiger partial charge in [0.05, 0.1) is 5.60 Å². The summed E-state index contributed by atoms with van der Waals surface area (Å²) in [4.78, 5) is 2.44. The highest BCUT2D eigenvalue weighted by Gasteiger charge is 2.50. The first-order valence-corrected chi connectivity index (χ1v) is 9.63. The zero-order chi connectivity index (χ0) is 14.9. The average molecular weight is 314 g/mol. The zero-order valence-electron chi connectivity index (χ0n) is 13.6. The molecule has 122 valence electrons. The predicted octanol–water partition coefficient (Wildman–Crippen LogP) is 1.99. The molecular weight excluding hydrogens is 282 g/mol. The Morgan fingerprint density at radius 3 is 2.62 bits per heavy atom. The van der Waals surface area contributed by atoms with Gasteiger partial charge < -0.3 is 9.64 Å². The van der Waals surface area contributed by atoms with Crippen molar-refractivity contribution in [1.29, 1.82) is 0 Å². The zero-order valence-corrected chi connectivity index (χ0v) is 14.4. The summed E-state index contributed by atoms with van der Waals surface area (Å²) < 4.78 is 6.20. The van der Waals surface area contributed by atoms with Crippen molar-refractivity contribution in [3.63, 3.8) is 0 Å². The lowest BCUT2D eigenvalue weighted by Crippen LogP contribution is -2.64. The maximum Gasteiger partial charge on any atom is 0.0783 e. The SMILES string of the molecule is CN(C)C1(C(NN)C2CCOC3(CCSC3)C2)CCCC1. The summed E-state index contributed by atoms with van der Waals surface area (Å²) in [5.41, 5.74) is 3.63. The van der Waals surface area contributed by atoms with Crippen molar-refractivity contribution in [2.24, 2.45) is 11.8 Å². The molecule has 0 aromatic carbocycles. The van der Waals surface area contributed by atoms with Gasteiger partial charge in [-0.2, -0.15) is 11.8 Å². The van der Waals surface area contributed by atoms with Crippen molar-refractivity contribution < 1.29 is 4.74 Å². The number of hydrazine groups is 1. The van der Waals surface area contributed by atoms with Crippen molar-refractivity contribution in [3.8, 4) is 0 Å². The Morgan fingerprint density at radius 2 is 2.05 bits per heavy atom. The number of nitrogens with zero attached hydrogens (tertiary/aromatic N) is 1. The molecule has 2 saturated heterocycles. The molecule has 3 N–H and O–H groups in total. The van der Waals surface area contributed by atoms with Crippen LogP contribution in [-0.4, -0.2) is 54.3 Å². The molecule has 0 aromatic heterocycles. The standard InChI is InChI=1S/C16H31N3OS/c1-19(2)16(6-3-4-7-16)14(18-17)13-5-9-20-15(11-13)8-10-21-12-15/h13-14,18H,3-12,17H2,1-2H3. The normalized spacial score (nSPS) is 37.4. The van der Waals surface area contributed by atoms with E-state index in [-0.39, 0.29) is 11.1 Å². The minimum Gasteiger partial charge on any atom is -0.374 e. The van der Waals surface area contributed by atoms with Crippen LogP contribution in [0, 0.1) is 5.92 Å². The summed E-state index contributed by atoms with van der Waals surface area (Å²) in [5, 5.41) is 0. The molecule has 0 radical (unpaired) electrons. The third-order valence-electron chi connectivity index (χ3n) is 6.19. The topological polar surface area (TPSA) is 50.5 Å². The summed E-state index contributed by atoms with van der Waals surface area (Å²) >= 11 is 2.05. The average Bonchev–Trinajstić information content (AvgIpc) is 3.11. The van der Waals surface area contributed by atoms with Crippen LogP contribution >= 0.6 is 11.8 Å². The number of hydrogen-bond donors (Lipinski definition) is 2. The van der Waals surface area contributed by atoms with E-state index in [1.807, 2.05) is 0 Å². The fourth-order valence-corrected chi connectivity index (χ4v) is 6.35. The van der Waals surface area contributed by atoms with E-state index >= 15 is 0 Å². The maximum absolute atomic E-state index is 6.20. The van der Waals surface area contributed by atoms with E-state index in [1.165, 1.54) is 50.0 Å². The summed E-state index contributed by atoms with van der Waals surface area (Å²) in [6, 6.07) is 0.390. The molecule has 2 aliphatic heterocycles. The second kappa shape index (κ2) is 6.36. The number of nitrogens with two attached hydrogens (primary N) is 1. The monoisotopic (exact) mass is 313 g/mol. The molecule has 3 atom stereocenters. The molecule has 0 aromatic rings. The third kappa shape index (κ3) is 2.88. The van der Waals surface area contributed by atoms with Crippen LogP contribution in [0.3, 0.4) is 0 Å². The highest BCUT2D eigenvalue weighted by Crippen LogP contribution is 2.46. The van der Waals surface area contributed by atoms with E-state index in [9.17, 15) is 0 Å². The van der Waals surface area contributed by atoms with Crippen LogP contribution in [0.2, 0.25) is 0 Å². The number of nitrogens with one attached hydrogen (secondary N) is 1. The Kier molecular flexibility index (Phi) is 4.86. The van der Waals surface area contributed by atoms with Crippen LogP contribution in [0.5, 0.6) is 0 Å². The molecule has 1 spiro atoms. The number of rotatable bonds is 4. The van der Waals surface area contributed by atoms with Gasteiger partial charge in [-0.25, -0.2) is 0 Å². The third-order valence-corrected chi connectivity index (χ3v) is 7.41. The molecule has 3 fully saturated rings. The number of hydrogen-bond acceptors (Lipinski definition) is 5.